The van der Waals surface area contributed by atoms with Gasteiger partial charge in [0.2, 0.25) is 0 Å². The van der Waals surface area contributed by atoms with Crippen LogP contribution >= 0.6 is 0 Å². The molecule has 3 N–H and O–H groups in total. The molecule has 1 saturated heterocycles. The second-order valence-electron chi connectivity index (χ2n) is 3.60. The Balaban J connectivity index is 2.48. The number of carbonyl (C=O) groups is 2. The van der Waals surface area contributed by atoms with Crippen LogP contribution in [0.1, 0.15) is 6.42 Å². The monoisotopic (exact) mass is 202 g/mol. The van der Waals surface area contributed by atoms with Crippen LogP contribution in [0.3, 0.4) is 0 Å². The van der Waals surface area contributed by atoms with Crippen LogP contribution in [0.4, 0.5) is 4.79 Å². The van der Waals surface area contributed by atoms with E-state index >= 15 is 0 Å². The van der Waals surface area contributed by atoms with Gasteiger partial charge in [-0.3, -0.25) is 4.79 Å². The lowest BCUT2D eigenvalue weighted by molar-refractivity contribution is -0.142. The van der Waals surface area contributed by atoms with Gasteiger partial charge < -0.3 is 20.5 Å². The number of carboxylic acids is 1. The second kappa shape index (κ2) is 3.83. The van der Waals surface area contributed by atoms with Crippen LogP contribution in [0, 0.1) is 5.41 Å². The van der Waals surface area contributed by atoms with Gasteiger partial charge in [-0.15, -0.1) is 0 Å². The SMILES string of the molecule is COC(=O)N1CC(CN)(CC(=O)O)C1. The number of likely N-dealkylation sites (tertiary alicyclic amines) is 1. The number of carbonyl (C=O) groups excluding carboxylic acids is 1. The zero-order valence-corrected chi connectivity index (χ0v) is 8.02. The summed E-state index contributed by atoms with van der Waals surface area (Å²) in [6, 6.07) is 0. The minimum Gasteiger partial charge on any atom is -0.481 e. The molecule has 1 amide bonds. The van der Waals surface area contributed by atoms with Crippen LogP contribution in [0.5, 0.6) is 0 Å². The molecule has 14 heavy (non-hydrogen) atoms. The molecule has 0 atom stereocenters. The fraction of sp³-hybridized carbons (Fsp3) is 0.750. The Morgan fingerprint density at radius 2 is 2.14 bits per heavy atom. The molecular formula is C8H14N2O4. The van der Waals surface area contributed by atoms with E-state index in [2.05, 4.69) is 4.74 Å². The molecule has 0 radical (unpaired) electrons. The summed E-state index contributed by atoms with van der Waals surface area (Å²) in [5, 5.41) is 8.64. The van der Waals surface area contributed by atoms with E-state index < -0.39 is 17.5 Å². The largest absolute Gasteiger partial charge is 0.481 e. The van der Waals surface area contributed by atoms with E-state index in [9.17, 15) is 9.59 Å². The Labute approximate surface area is 81.6 Å². The lowest BCUT2D eigenvalue weighted by Gasteiger charge is -2.47. The van der Waals surface area contributed by atoms with E-state index in [1.807, 2.05) is 0 Å². The van der Waals surface area contributed by atoms with E-state index in [-0.39, 0.29) is 13.0 Å². The molecule has 6 nitrogen and oxygen atoms in total. The summed E-state index contributed by atoms with van der Waals surface area (Å²) in [6.07, 6.45) is -0.434. The fourth-order valence-electron chi connectivity index (χ4n) is 1.66. The minimum atomic E-state index is -0.889. The first kappa shape index (κ1) is 10.8. The van der Waals surface area contributed by atoms with Crippen LogP contribution in [-0.4, -0.2) is 48.8 Å². The fourth-order valence-corrected chi connectivity index (χ4v) is 1.66. The number of nitrogens with two attached hydrogens (primary N) is 1. The third kappa shape index (κ3) is 1.95. The summed E-state index contributed by atoms with van der Waals surface area (Å²) in [5.74, 6) is -0.889. The Kier molecular flexibility index (Phi) is 2.95. The van der Waals surface area contributed by atoms with E-state index in [0.29, 0.717) is 13.1 Å². The second-order valence-corrected chi connectivity index (χ2v) is 3.60. The van der Waals surface area contributed by atoms with Gasteiger partial charge in [0.05, 0.1) is 13.5 Å². The van der Waals surface area contributed by atoms with Crippen molar-refractivity contribution in [2.24, 2.45) is 11.1 Å². The first-order valence-corrected chi connectivity index (χ1v) is 4.28. The van der Waals surface area contributed by atoms with Crippen molar-refractivity contribution in [3.63, 3.8) is 0 Å². The van der Waals surface area contributed by atoms with Gasteiger partial charge in [0.15, 0.2) is 0 Å². The zero-order valence-electron chi connectivity index (χ0n) is 8.02. The number of nitrogens with zero attached hydrogens (tertiary/aromatic N) is 1. The highest BCUT2D eigenvalue weighted by Gasteiger charge is 2.46. The van der Waals surface area contributed by atoms with Crippen LogP contribution in [0.2, 0.25) is 0 Å². The van der Waals surface area contributed by atoms with E-state index in [1.54, 1.807) is 0 Å². The van der Waals surface area contributed by atoms with Crippen molar-refractivity contribution in [3.8, 4) is 0 Å². The maximum Gasteiger partial charge on any atom is 0.409 e. The van der Waals surface area contributed by atoms with Gasteiger partial charge in [0.1, 0.15) is 0 Å². The van der Waals surface area contributed by atoms with Gasteiger partial charge in [-0.25, -0.2) is 4.79 Å². The maximum atomic E-state index is 11.0. The molecule has 0 saturated carbocycles. The third-order valence-electron chi connectivity index (χ3n) is 2.44. The minimum absolute atomic E-state index is 0.00298. The number of aliphatic carboxylic acids is 1. The van der Waals surface area contributed by atoms with Crippen LogP contribution in [-0.2, 0) is 9.53 Å². The normalized spacial score (nSPS) is 18.6. The molecule has 6 heteroatoms. The molecule has 1 fully saturated rings. The predicted molar refractivity (Wildman–Crippen MR) is 47.7 cm³/mol. The zero-order chi connectivity index (χ0) is 10.8. The number of carboxylic acid groups (broad SMARTS) is 1. The Hall–Kier alpha value is -1.30. The molecule has 1 heterocycles. The number of ether oxygens (including phenoxy) is 1. The molecule has 0 aromatic carbocycles. The average molecular weight is 202 g/mol. The molecule has 0 aromatic heterocycles. The molecule has 1 aliphatic heterocycles. The Morgan fingerprint density at radius 1 is 1.57 bits per heavy atom. The molecule has 0 bridgehead atoms. The molecule has 0 aliphatic carbocycles. The molecule has 80 valence electrons. The summed E-state index contributed by atoms with van der Waals surface area (Å²) < 4.78 is 4.50. The standard InChI is InChI=1S/C8H14N2O4/c1-14-7(13)10-4-8(3-9,5-10)2-6(11)12/h2-5,9H2,1H3,(H,11,12). The lowest BCUT2D eigenvalue weighted by atomic mass is 9.77. The van der Waals surface area contributed by atoms with Crippen molar-refractivity contribution in [2.75, 3.05) is 26.7 Å². The van der Waals surface area contributed by atoms with E-state index in [1.165, 1.54) is 12.0 Å². The highest BCUT2D eigenvalue weighted by molar-refractivity contribution is 5.71. The van der Waals surface area contributed by atoms with E-state index in [4.69, 9.17) is 10.8 Å². The summed E-state index contributed by atoms with van der Waals surface area (Å²) in [4.78, 5) is 23.0. The average Bonchev–Trinajstić information content (AvgIpc) is 2.09. The first-order valence-electron chi connectivity index (χ1n) is 4.28. The van der Waals surface area contributed by atoms with Crippen LogP contribution < -0.4 is 5.73 Å². The number of rotatable bonds is 3. The van der Waals surface area contributed by atoms with Crippen molar-refractivity contribution in [3.05, 3.63) is 0 Å². The molecule has 0 spiro atoms. The molecule has 0 aromatic rings. The first-order chi connectivity index (χ1) is 6.53. The van der Waals surface area contributed by atoms with Gasteiger partial charge in [0.25, 0.3) is 0 Å². The van der Waals surface area contributed by atoms with Gasteiger partial charge in [0, 0.05) is 25.0 Å². The van der Waals surface area contributed by atoms with Crippen molar-refractivity contribution in [1.29, 1.82) is 0 Å². The van der Waals surface area contributed by atoms with Crippen molar-refractivity contribution in [1.82, 2.24) is 4.90 Å². The number of methoxy groups -OCH3 is 1. The van der Waals surface area contributed by atoms with Crippen molar-refractivity contribution >= 4 is 12.1 Å². The smallest absolute Gasteiger partial charge is 0.409 e. The highest BCUT2D eigenvalue weighted by Crippen LogP contribution is 2.33. The number of amides is 1. The highest BCUT2D eigenvalue weighted by atomic mass is 16.5. The number of hydrogen-bond acceptors (Lipinski definition) is 4. The summed E-state index contributed by atoms with van der Waals surface area (Å²) in [6.45, 7) is 0.998. The third-order valence-corrected chi connectivity index (χ3v) is 2.44. The maximum absolute atomic E-state index is 11.0. The van der Waals surface area contributed by atoms with Gasteiger partial charge in [-0.2, -0.15) is 0 Å². The predicted octanol–water partition coefficient (Wildman–Crippen LogP) is -0.512. The van der Waals surface area contributed by atoms with Crippen LogP contribution in [0.15, 0.2) is 0 Å². The Morgan fingerprint density at radius 3 is 2.50 bits per heavy atom. The molecule has 1 aliphatic rings. The van der Waals surface area contributed by atoms with Gasteiger partial charge in [-0.05, 0) is 0 Å². The quantitative estimate of drug-likeness (QED) is 0.642. The Bertz CT molecular complexity index is 248. The van der Waals surface area contributed by atoms with E-state index in [0.717, 1.165) is 0 Å². The lowest BCUT2D eigenvalue weighted by Crippen LogP contribution is -2.62. The van der Waals surface area contributed by atoms with Crippen LogP contribution in [0.25, 0.3) is 0 Å². The summed E-state index contributed by atoms with van der Waals surface area (Å²) in [7, 11) is 1.29. The molecule has 1 rings (SSSR count). The topological polar surface area (TPSA) is 92.9 Å². The van der Waals surface area contributed by atoms with Crippen molar-refractivity contribution < 1.29 is 19.4 Å². The summed E-state index contributed by atoms with van der Waals surface area (Å²) >= 11 is 0. The molecule has 0 unspecified atom stereocenters. The van der Waals surface area contributed by atoms with Gasteiger partial charge in [-0.1, -0.05) is 0 Å². The summed E-state index contributed by atoms with van der Waals surface area (Å²) in [5.41, 5.74) is 5.02. The van der Waals surface area contributed by atoms with Crippen molar-refractivity contribution in [2.45, 2.75) is 6.42 Å². The number of hydrogen-bond donors (Lipinski definition) is 2. The van der Waals surface area contributed by atoms with Gasteiger partial charge >= 0.3 is 12.1 Å². The molecular weight excluding hydrogens is 188 g/mol.